The molecule has 0 radical (unpaired) electrons. The van der Waals surface area contributed by atoms with Crippen LogP contribution in [-0.2, 0) is 0 Å². The maximum Gasteiger partial charge on any atom is 0.252 e. The molecule has 76 heavy (non-hydrogen) atoms. The molecule has 2 aliphatic heterocycles. The number of rotatable bonds is 9. The molecule has 1 unspecified atom stereocenters. The highest BCUT2D eigenvalue weighted by atomic mass is 15.2. The Morgan fingerprint density at radius 2 is 0.671 bits per heavy atom. The SMILES string of the molecule is c1ccc(-c2ccc3c(c2)B2c4cc(-c5ccccc5)ccc4N(c4c(-c5ccccc5)cccc4-c4ccccc4)c4cc(C5C[C@H]6CC[C@@H]5C6)cc(c42)N3c2c(-c3ccccc3)cccc2-c2ccccc2)cc1. The smallest absolute Gasteiger partial charge is 0.252 e. The molecule has 15 rings (SSSR count). The molecule has 2 nitrogen and oxygen atoms in total. The average molecular weight is 971 g/mol. The second kappa shape index (κ2) is 18.5. The molecule has 3 heteroatoms. The van der Waals surface area contributed by atoms with Crippen molar-refractivity contribution in [1.82, 2.24) is 0 Å². The van der Waals surface area contributed by atoms with Gasteiger partial charge in [0, 0.05) is 45.0 Å². The number of anilines is 6. The molecule has 2 saturated carbocycles. The minimum atomic E-state index is -0.1000. The van der Waals surface area contributed by atoms with Gasteiger partial charge in [0.2, 0.25) is 0 Å². The molecule has 0 saturated heterocycles. The summed E-state index contributed by atoms with van der Waals surface area (Å²) in [5.74, 6) is 1.93. The number of para-hydroxylation sites is 2. The zero-order valence-corrected chi connectivity index (χ0v) is 42.4. The second-order valence-electron chi connectivity index (χ2n) is 21.5. The first-order valence-corrected chi connectivity index (χ1v) is 27.4. The van der Waals surface area contributed by atoms with Crippen molar-refractivity contribution in [2.24, 2.45) is 11.8 Å². The quantitative estimate of drug-likeness (QED) is 0.133. The van der Waals surface area contributed by atoms with Gasteiger partial charge in [-0.05, 0) is 128 Å². The summed E-state index contributed by atoms with van der Waals surface area (Å²) in [5, 5.41) is 0. The third kappa shape index (κ3) is 7.40. The van der Waals surface area contributed by atoms with Crippen LogP contribution in [0.4, 0.5) is 34.1 Å². The molecule has 0 amide bonds. The number of benzene rings is 11. The minimum Gasteiger partial charge on any atom is -0.310 e. The lowest BCUT2D eigenvalue weighted by molar-refractivity contribution is 0.420. The fourth-order valence-corrected chi connectivity index (χ4v) is 14.0. The van der Waals surface area contributed by atoms with Crippen LogP contribution in [0.5, 0.6) is 0 Å². The predicted octanol–water partition coefficient (Wildman–Crippen LogP) is 17.7. The van der Waals surface area contributed by atoms with Gasteiger partial charge in [0.25, 0.3) is 6.71 Å². The lowest BCUT2D eigenvalue weighted by Gasteiger charge is -2.46. The molecule has 3 atom stereocenters. The predicted molar refractivity (Wildman–Crippen MR) is 321 cm³/mol. The molecule has 0 aromatic heterocycles. The maximum atomic E-state index is 2.71. The molecule has 2 aliphatic carbocycles. The van der Waals surface area contributed by atoms with Crippen LogP contribution < -0.4 is 26.2 Å². The maximum absolute atomic E-state index is 2.71. The topological polar surface area (TPSA) is 6.48 Å². The van der Waals surface area contributed by atoms with Crippen LogP contribution in [0.15, 0.2) is 267 Å². The van der Waals surface area contributed by atoms with Crippen molar-refractivity contribution in [1.29, 1.82) is 0 Å². The van der Waals surface area contributed by atoms with Gasteiger partial charge in [0.15, 0.2) is 0 Å². The van der Waals surface area contributed by atoms with Crippen LogP contribution in [0.25, 0.3) is 66.8 Å². The molecule has 0 N–H and O–H groups in total. The first kappa shape index (κ1) is 44.6. The van der Waals surface area contributed by atoms with Crippen molar-refractivity contribution < 1.29 is 0 Å². The molecule has 360 valence electrons. The Hall–Kier alpha value is -8.92. The lowest BCUT2D eigenvalue weighted by atomic mass is 9.33. The number of nitrogens with zero attached hydrogens (tertiary/aromatic N) is 2. The molecule has 0 spiro atoms. The van der Waals surface area contributed by atoms with Crippen molar-refractivity contribution in [3.8, 4) is 66.8 Å². The van der Waals surface area contributed by atoms with Gasteiger partial charge in [-0.1, -0.05) is 249 Å². The Morgan fingerprint density at radius 3 is 1.01 bits per heavy atom. The van der Waals surface area contributed by atoms with Gasteiger partial charge in [-0.15, -0.1) is 0 Å². The van der Waals surface area contributed by atoms with E-state index < -0.39 is 0 Å². The molecule has 2 heterocycles. The van der Waals surface area contributed by atoms with Crippen molar-refractivity contribution >= 4 is 57.2 Å². The first-order chi connectivity index (χ1) is 37.7. The Balaban J connectivity index is 1.11. The molecular formula is C73H55BN2. The fraction of sp³-hybridized carbons (Fsp3) is 0.0959. The summed E-state index contributed by atoms with van der Waals surface area (Å²) >= 11 is 0. The van der Waals surface area contributed by atoms with E-state index in [0.29, 0.717) is 11.8 Å². The van der Waals surface area contributed by atoms with E-state index in [1.165, 1.54) is 149 Å². The Bertz CT molecular complexity index is 3600. The van der Waals surface area contributed by atoms with E-state index >= 15 is 0 Å². The third-order valence-electron chi connectivity index (χ3n) is 17.3. The van der Waals surface area contributed by atoms with Crippen LogP contribution in [-0.4, -0.2) is 6.71 Å². The van der Waals surface area contributed by atoms with Crippen LogP contribution in [0.2, 0.25) is 0 Å². The minimum absolute atomic E-state index is 0.1000. The van der Waals surface area contributed by atoms with E-state index in [-0.39, 0.29) is 6.71 Å². The zero-order chi connectivity index (χ0) is 50.1. The monoisotopic (exact) mass is 970 g/mol. The van der Waals surface area contributed by atoms with Crippen LogP contribution in [0.1, 0.15) is 37.2 Å². The fourth-order valence-electron chi connectivity index (χ4n) is 14.0. The van der Waals surface area contributed by atoms with Gasteiger partial charge in [-0.25, -0.2) is 0 Å². The average Bonchev–Trinajstić information content (AvgIpc) is 4.28. The van der Waals surface area contributed by atoms with Crippen LogP contribution >= 0.6 is 0 Å². The van der Waals surface area contributed by atoms with Gasteiger partial charge in [0.05, 0.1) is 11.4 Å². The van der Waals surface area contributed by atoms with Gasteiger partial charge in [0.1, 0.15) is 0 Å². The molecule has 4 aliphatic rings. The summed E-state index contributed by atoms with van der Waals surface area (Å²) in [7, 11) is 0. The number of hydrogen-bond donors (Lipinski definition) is 0. The van der Waals surface area contributed by atoms with E-state index in [2.05, 4.69) is 277 Å². The normalized spacial score (nSPS) is 16.8. The molecule has 11 aromatic rings. The molecule has 2 bridgehead atoms. The van der Waals surface area contributed by atoms with Gasteiger partial charge in [-0.3, -0.25) is 0 Å². The number of fused-ring (bicyclic) bond motifs is 6. The van der Waals surface area contributed by atoms with Crippen LogP contribution in [0, 0.1) is 11.8 Å². The Kier molecular flexibility index (Phi) is 10.8. The zero-order valence-electron chi connectivity index (χ0n) is 42.4. The highest BCUT2D eigenvalue weighted by Gasteiger charge is 2.47. The van der Waals surface area contributed by atoms with E-state index in [0.717, 1.165) is 5.92 Å². The standard InChI is InChI=1S/C73H55BN2/c1-7-21-50(22-8-1)56-39-41-67-65(45-56)74-66-46-57(51-23-9-2-10-24-51)40-42-68(66)76(73-62(54-29-15-5-16-30-54)35-20-36-63(73)55-31-17-6-18-32-55)70-48-59(64-44-49-37-38-58(64)43-49)47-69(71(70)74)75(67)72-60(52-25-11-3-12-26-52)33-19-34-61(72)53-27-13-4-14-28-53/h1-36,39-42,45-49,58,64H,37-38,43-44H2/t49-,58+,64?/m0/s1. The van der Waals surface area contributed by atoms with Crippen LogP contribution in [0.3, 0.4) is 0 Å². The van der Waals surface area contributed by atoms with Crippen molar-refractivity contribution in [3.63, 3.8) is 0 Å². The summed E-state index contributed by atoms with van der Waals surface area (Å²) in [4.78, 5) is 5.43. The molecule has 11 aromatic carbocycles. The van der Waals surface area contributed by atoms with E-state index in [1.54, 1.807) is 0 Å². The van der Waals surface area contributed by atoms with E-state index in [4.69, 9.17) is 0 Å². The summed E-state index contributed by atoms with van der Waals surface area (Å²) < 4.78 is 0. The summed E-state index contributed by atoms with van der Waals surface area (Å²) in [6, 6.07) is 100. The molecular weight excluding hydrogens is 916 g/mol. The highest BCUT2D eigenvalue weighted by molar-refractivity contribution is 7.00. The first-order valence-electron chi connectivity index (χ1n) is 27.4. The van der Waals surface area contributed by atoms with Crippen molar-refractivity contribution in [3.05, 3.63) is 272 Å². The second-order valence-corrected chi connectivity index (χ2v) is 21.5. The third-order valence-corrected chi connectivity index (χ3v) is 17.3. The van der Waals surface area contributed by atoms with Gasteiger partial charge in [-0.2, -0.15) is 0 Å². The summed E-state index contributed by atoms with van der Waals surface area (Å²) in [5.41, 5.74) is 27.2. The van der Waals surface area contributed by atoms with Gasteiger partial charge < -0.3 is 9.80 Å². The Morgan fingerprint density at radius 1 is 0.303 bits per heavy atom. The summed E-state index contributed by atoms with van der Waals surface area (Å²) in [6.45, 7) is -0.1000. The van der Waals surface area contributed by atoms with Gasteiger partial charge >= 0.3 is 0 Å². The van der Waals surface area contributed by atoms with E-state index in [9.17, 15) is 0 Å². The van der Waals surface area contributed by atoms with Crippen molar-refractivity contribution in [2.45, 2.75) is 31.6 Å². The summed E-state index contributed by atoms with van der Waals surface area (Å²) in [6.07, 6.45) is 5.22. The Labute approximate surface area is 447 Å². The van der Waals surface area contributed by atoms with Crippen molar-refractivity contribution in [2.75, 3.05) is 9.80 Å². The number of hydrogen-bond acceptors (Lipinski definition) is 2. The lowest BCUT2D eigenvalue weighted by Crippen LogP contribution is -2.61. The highest BCUT2D eigenvalue weighted by Crippen LogP contribution is 2.57. The molecule has 2 fully saturated rings. The largest absolute Gasteiger partial charge is 0.310 e. The van der Waals surface area contributed by atoms with E-state index in [1.807, 2.05) is 0 Å².